The van der Waals surface area contributed by atoms with Gasteiger partial charge in [0.1, 0.15) is 17.9 Å². The van der Waals surface area contributed by atoms with Gasteiger partial charge in [0.15, 0.2) is 11.6 Å². The zero-order chi connectivity index (χ0) is 20.7. The fraction of sp³-hybridized carbons (Fsp3) is 0.739. The second kappa shape index (κ2) is 5.85. The summed E-state index contributed by atoms with van der Waals surface area (Å²) in [5.74, 6) is -1.80. The van der Waals surface area contributed by atoms with Crippen molar-refractivity contribution in [2.75, 3.05) is 6.61 Å². The van der Waals surface area contributed by atoms with Crippen LogP contribution in [0.3, 0.4) is 0 Å². The summed E-state index contributed by atoms with van der Waals surface area (Å²) in [7, 11) is 0. The number of Topliss-reactive ketones (excluding diaryl/α,β-unsaturated/α-hetero) is 1. The Morgan fingerprint density at radius 1 is 1.25 bits per heavy atom. The molecule has 4 aliphatic rings. The average molecular weight is 390 g/mol. The van der Waals surface area contributed by atoms with E-state index in [2.05, 4.69) is 0 Å². The molecule has 4 nitrogen and oxygen atoms in total. The van der Waals surface area contributed by atoms with Gasteiger partial charge in [0.2, 0.25) is 0 Å². The number of alkyl halides is 1. The molecule has 8 atom stereocenters. The summed E-state index contributed by atoms with van der Waals surface area (Å²) in [5, 5.41) is 21.0. The molecule has 0 radical (unpaired) electrons. The van der Waals surface area contributed by atoms with Gasteiger partial charge in [0.05, 0.1) is 0 Å². The van der Waals surface area contributed by atoms with E-state index in [0.717, 1.165) is 5.57 Å². The lowest BCUT2D eigenvalue weighted by Crippen LogP contribution is -2.67. The summed E-state index contributed by atoms with van der Waals surface area (Å²) in [6, 6.07) is 0. The summed E-state index contributed by atoms with van der Waals surface area (Å²) < 4.78 is 17.1. The highest BCUT2D eigenvalue weighted by atomic mass is 19.1. The molecule has 0 bridgehead atoms. The van der Waals surface area contributed by atoms with Crippen molar-refractivity contribution in [2.45, 2.75) is 64.6 Å². The molecular formula is C23H31FO4. The Balaban J connectivity index is 1.84. The molecule has 0 saturated heterocycles. The van der Waals surface area contributed by atoms with Crippen LogP contribution in [0, 0.1) is 34.5 Å². The van der Waals surface area contributed by atoms with Crippen LogP contribution in [-0.4, -0.2) is 39.7 Å². The van der Waals surface area contributed by atoms with E-state index in [-0.39, 0.29) is 23.5 Å². The van der Waals surface area contributed by atoms with Crippen molar-refractivity contribution in [3.05, 3.63) is 23.8 Å². The first-order valence-corrected chi connectivity index (χ1v) is 10.5. The highest BCUT2D eigenvalue weighted by Crippen LogP contribution is 2.72. The molecule has 3 saturated carbocycles. The topological polar surface area (TPSA) is 74.6 Å². The highest BCUT2D eigenvalue weighted by molar-refractivity contribution is 6.01. The molecule has 3 fully saturated rings. The molecule has 5 heteroatoms. The van der Waals surface area contributed by atoms with Gasteiger partial charge in [-0.1, -0.05) is 32.4 Å². The third-order valence-electron chi connectivity index (χ3n) is 9.14. The van der Waals surface area contributed by atoms with Crippen molar-refractivity contribution >= 4 is 11.6 Å². The molecule has 0 amide bonds. The number of hydrogen-bond donors (Lipinski definition) is 2. The molecule has 0 aromatic carbocycles. The number of fused-ring (bicyclic) bond motifs is 5. The summed E-state index contributed by atoms with van der Waals surface area (Å²) in [6.45, 7) is 6.84. The van der Waals surface area contributed by atoms with Crippen molar-refractivity contribution in [1.29, 1.82) is 0 Å². The first kappa shape index (κ1) is 20.0. The van der Waals surface area contributed by atoms with Crippen LogP contribution < -0.4 is 0 Å². The molecule has 4 aliphatic carbocycles. The first-order chi connectivity index (χ1) is 13.0. The summed E-state index contributed by atoms with van der Waals surface area (Å²) in [6.07, 6.45) is 7.04. The Hall–Kier alpha value is -1.33. The largest absolute Gasteiger partial charge is 0.388 e. The number of carbonyl (C=O) groups is 2. The third-order valence-corrected chi connectivity index (χ3v) is 9.14. The lowest BCUT2D eigenvalue weighted by molar-refractivity contribution is -0.199. The van der Waals surface area contributed by atoms with Gasteiger partial charge in [-0.05, 0) is 68.4 Å². The monoisotopic (exact) mass is 390 g/mol. The fourth-order valence-electron chi connectivity index (χ4n) is 7.78. The number of carbonyl (C=O) groups excluding carboxylic acids is 2. The molecule has 0 aromatic rings. The number of aliphatic hydroxyl groups is 2. The lowest BCUT2D eigenvalue weighted by Gasteiger charge is -2.63. The Kier molecular flexibility index (Phi) is 4.17. The molecule has 0 unspecified atom stereocenters. The Morgan fingerprint density at radius 2 is 1.93 bits per heavy atom. The van der Waals surface area contributed by atoms with Crippen molar-refractivity contribution in [2.24, 2.45) is 34.5 Å². The van der Waals surface area contributed by atoms with Crippen LogP contribution in [0.5, 0.6) is 0 Å². The third kappa shape index (κ3) is 2.02. The maximum absolute atomic E-state index is 17.1. The number of hydrogen-bond acceptors (Lipinski definition) is 4. The van der Waals surface area contributed by atoms with Gasteiger partial charge in [0.25, 0.3) is 0 Å². The van der Waals surface area contributed by atoms with Gasteiger partial charge >= 0.3 is 0 Å². The van der Waals surface area contributed by atoms with E-state index >= 15 is 4.39 Å². The predicted octanol–water partition coefficient (Wildman–Crippen LogP) is 3.17. The Labute approximate surface area is 165 Å². The second-order valence-electron chi connectivity index (χ2n) is 10.1. The molecule has 4 rings (SSSR count). The van der Waals surface area contributed by atoms with E-state index in [1.54, 1.807) is 12.2 Å². The quantitative estimate of drug-likeness (QED) is 0.759. The minimum atomic E-state index is -1.63. The summed E-state index contributed by atoms with van der Waals surface area (Å²) >= 11 is 0. The first-order valence-electron chi connectivity index (χ1n) is 10.5. The number of allylic oxidation sites excluding steroid dienone is 4. The van der Waals surface area contributed by atoms with Crippen LogP contribution in [0.25, 0.3) is 0 Å². The van der Waals surface area contributed by atoms with Crippen LogP contribution in [0.15, 0.2) is 23.8 Å². The number of halogens is 1. The average Bonchev–Trinajstić information content (AvgIpc) is 2.84. The maximum atomic E-state index is 17.1. The predicted molar refractivity (Wildman–Crippen MR) is 103 cm³/mol. The van der Waals surface area contributed by atoms with Gasteiger partial charge in [-0.25, -0.2) is 4.39 Å². The minimum Gasteiger partial charge on any atom is -0.388 e. The zero-order valence-corrected chi connectivity index (χ0v) is 17.2. The van der Waals surface area contributed by atoms with Crippen LogP contribution in [0.1, 0.15) is 53.4 Å². The van der Waals surface area contributed by atoms with E-state index < -0.39 is 40.4 Å². The van der Waals surface area contributed by atoms with Crippen molar-refractivity contribution in [3.8, 4) is 0 Å². The summed E-state index contributed by atoms with van der Waals surface area (Å²) in [5.41, 5.74) is -3.90. The molecule has 28 heavy (non-hydrogen) atoms. The normalized spacial score (nSPS) is 52.5. The minimum absolute atomic E-state index is 0.0831. The van der Waals surface area contributed by atoms with E-state index in [9.17, 15) is 19.8 Å². The molecular weight excluding hydrogens is 359 g/mol. The van der Waals surface area contributed by atoms with Crippen LogP contribution in [0.4, 0.5) is 4.39 Å². The maximum Gasteiger partial charge on any atom is 0.190 e. The fourth-order valence-corrected chi connectivity index (χ4v) is 7.78. The Morgan fingerprint density at radius 3 is 2.57 bits per heavy atom. The van der Waals surface area contributed by atoms with E-state index in [1.807, 2.05) is 27.7 Å². The second-order valence-corrected chi connectivity index (χ2v) is 10.1. The van der Waals surface area contributed by atoms with Crippen LogP contribution in [-0.2, 0) is 9.59 Å². The molecule has 0 aromatic heterocycles. The highest BCUT2D eigenvalue weighted by Gasteiger charge is 2.74. The molecule has 2 N–H and O–H groups in total. The van der Waals surface area contributed by atoms with Crippen molar-refractivity contribution in [1.82, 2.24) is 0 Å². The SMILES string of the molecule is C[C@@H]1C[C@H]2[C@@H]3CCC4=CC(=O)C=C[C@]4(C)[C@@]3(F)[C@@H](C)C[C@]2(C)[C@@]1(O)C(=O)CO. The van der Waals surface area contributed by atoms with Crippen molar-refractivity contribution < 1.29 is 24.2 Å². The van der Waals surface area contributed by atoms with Gasteiger partial charge in [0, 0.05) is 10.8 Å². The molecule has 0 aliphatic heterocycles. The van der Waals surface area contributed by atoms with E-state index in [0.29, 0.717) is 25.7 Å². The molecule has 0 heterocycles. The Bertz CT molecular complexity index is 802. The zero-order valence-electron chi connectivity index (χ0n) is 17.2. The van der Waals surface area contributed by atoms with Gasteiger partial charge in [-0.3, -0.25) is 9.59 Å². The van der Waals surface area contributed by atoms with Crippen LogP contribution in [0.2, 0.25) is 0 Å². The standard InChI is InChI=1S/C23H31FO4/c1-13-9-18-17-6-5-15-10-16(26)7-8-20(15,3)22(17,24)14(2)11-21(18,4)23(13,28)19(27)12-25/h7-8,10,13-14,17-18,25,28H,5-6,9,11-12H2,1-4H3/t13-,14+,17+,18+,20+,21+,22-,23+/m1/s1. The molecule has 0 spiro atoms. The smallest absolute Gasteiger partial charge is 0.190 e. The number of rotatable bonds is 2. The van der Waals surface area contributed by atoms with Gasteiger partial charge in [-0.15, -0.1) is 0 Å². The number of aliphatic hydroxyl groups excluding tert-OH is 1. The summed E-state index contributed by atoms with van der Waals surface area (Å²) in [4.78, 5) is 24.5. The number of ketones is 2. The van der Waals surface area contributed by atoms with E-state index in [1.165, 1.54) is 6.08 Å². The van der Waals surface area contributed by atoms with Gasteiger partial charge in [-0.2, -0.15) is 0 Å². The van der Waals surface area contributed by atoms with E-state index in [4.69, 9.17) is 0 Å². The molecule has 154 valence electrons. The van der Waals surface area contributed by atoms with Gasteiger partial charge < -0.3 is 10.2 Å². The van der Waals surface area contributed by atoms with Crippen LogP contribution >= 0.6 is 0 Å². The lowest BCUT2D eigenvalue weighted by atomic mass is 9.43. The van der Waals surface area contributed by atoms with Crippen molar-refractivity contribution in [3.63, 3.8) is 0 Å².